The van der Waals surface area contributed by atoms with Crippen molar-refractivity contribution >= 4 is 11.9 Å². The van der Waals surface area contributed by atoms with Gasteiger partial charge in [0, 0.05) is 11.1 Å². The molecule has 1 aliphatic heterocycles. The van der Waals surface area contributed by atoms with Crippen LogP contribution in [0.15, 0.2) is 0 Å². The zero-order valence-electron chi connectivity index (χ0n) is 16.7. The lowest BCUT2D eigenvalue weighted by Gasteiger charge is -2.33. The van der Waals surface area contributed by atoms with Gasteiger partial charge in [-0.25, -0.2) is 0 Å². The monoisotopic (exact) mass is 341 g/mol. The Balaban J connectivity index is 3.05. The van der Waals surface area contributed by atoms with Crippen LogP contribution in [0.1, 0.15) is 68.2 Å². The van der Waals surface area contributed by atoms with Crippen LogP contribution in [0, 0.1) is 22.7 Å². The lowest BCUT2D eigenvalue weighted by molar-refractivity contribution is -0.150. The van der Waals surface area contributed by atoms with Crippen molar-refractivity contribution in [2.24, 2.45) is 22.7 Å². The maximum atomic E-state index is 12.2. The van der Waals surface area contributed by atoms with Crippen LogP contribution in [-0.2, 0) is 14.3 Å². The van der Waals surface area contributed by atoms with Crippen LogP contribution in [0.3, 0.4) is 0 Å². The molecule has 1 heterocycles. The predicted molar refractivity (Wildman–Crippen MR) is 94.7 cm³/mol. The molecule has 1 aliphatic rings. The molecule has 5 heteroatoms. The number of carboxylic acid groups (broad SMARTS) is 1. The Hall–Kier alpha value is -1.10. The molecule has 5 nitrogen and oxygen atoms in total. The maximum Gasteiger partial charge on any atom is 0.309 e. The van der Waals surface area contributed by atoms with Gasteiger partial charge in [0.15, 0.2) is 0 Å². The summed E-state index contributed by atoms with van der Waals surface area (Å²) in [5, 5.41) is 13.2. The number of carboxylic acids is 1. The topological polar surface area (TPSA) is 85.5 Å². The van der Waals surface area contributed by atoms with E-state index in [-0.39, 0.29) is 22.7 Å². The van der Waals surface area contributed by atoms with Crippen LogP contribution in [-0.4, -0.2) is 35.2 Å². The summed E-state index contributed by atoms with van der Waals surface area (Å²) >= 11 is 0. The first-order valence-electron chi connectivity index (χ1n) is 8.67. The standard InChI is InChI=1S/C19H35NO4/c1-16(2,3)10-12(14(21)22)19(8)18(7,20-19)11-13(15(23)24-9)17(4,5)6/h12-13,20H,10-11H2,1-9H3,(H,21,22). The Labute approximate surface area is 146 Å². The summed E-state index contributed by atoms with van der Waals surface area (Å²) in [5.74, 6) is -1.80. The first-order chi connectivity index (χ1) is 10.6. The number of methoxy groups -OCH3 is 1. The van der Waals surface area contributed by atoms with E-state index in [1.165, 1.54) is 7.11 Å². The number of nitrogens with one attached hydrogen (secondary N) is 1. The van der Waals surface area contributed by atoms with Crippen LogP contribution in [0.4, 0.5) is 0 Å². The average molecular weight is 341 g/mol. The Kier molecular flexibility index (Phi) is 5.52. The third-order valence-electron chi connectivity index (χ3n) is 5.57. The normalized spacial score (nSPS) is 29.7. The van der Waals surface area contributed by atoms with E-state index in [4.69, 9.17) is 4.74 Å². The molecule has 0 bridgehead atoms. The zero-order chi connectivity index (χ0) is 19.1. The van der Waals surface area contributed by atoms with E-state index in [2.05, 4.69) is 26.1 Å². The summed E-state index contributed by atoms with van der Waals surface area (Å²) in [4.78, 5) is 24.1. The number of hydrogen-bond acceptors (Lipinski definition) is 4. The van der Waals surface area contributed by atoms with Crippen molar-refractivity contribution in [2.75, 3.05) is 7.11 Å². The van der Waals surface area contributed by atoms with Crippen LogP contribution < -0.4 is 5.32 Å². The number of rotatable bonds is 6. The zero-order valence-corrected chi connectivity index (χ0v) is 16.7. The van der Waals surface area contributed by atoms with E-state index in [1.54, 1.807) is 0 Å². The second kappa shape index (κ2) is 6.32. The highest BCUT2D eigenvalue weighted by molar-refractivity contribution is 5.75. The lowest BCUT2D eigenvalue weighted by Crippen LogP contribution is -2.40. The fraction of sp³-hybridized carbons (Fsp3) is 0.895. The molecule has 1 saturated heterocycles. The smallest absolute Gasteiger partial charge is 0.309 e. The molecule has 0 aromatic carbocycles. The third-order valence-corrected chi connectivity index (χ3v) is 5.57. The Morgan fingerprint density at radius 1 is 1.12 bits per heavy atom. The van der Waals surface area contributed by atoms with Crippen molar-refractivity contribution in [3.05, 3.63) is 0 Å². The summed E-state index contributed by atoms with van der Waals surface area (Å²) in [5.41, 5.74) is -1.25. The largest absolute Gasteiger partial charge is 0.481 e. The first-order valence-corrected chi connectivity index (χ1v) is 8.67. The molecule has 140 valence electrons. The highest BCUT2D eigenvalue weighted by Crippen LogP contribution is 2.52. The second-order valence-corrected chi connectivity index (χ2v) is 9.96. The van der Waals surface area contributed by atoms with Gasteiger partial charge in [0.1, 0.15) is 0 Å². The second-order valence-electron chi connectivity index (χ2n) is 9.96. The molecule has 0 aliphatic carbocycles. The molecule has 1 fully saturated rings. The summed E-state index contributed by atoms with van der Waals surface area (Å²) in [6.45, 7) is 16.2. The molecular weight excluding hydrogens is 306 g/mol. The number of carbonyl (C=O) groups is 2. The van der Waals surface area contributed by atoms with Crippen LogP contribution in [0.25, 0.3) is 0 Å². The predicted octanol–water partition coefficient (Wildman–Crippen LogP) is 3.47. The van der Waals surface area contributed by atoms with Crippen molar-refractivity contribution in [1.29, 1.82) is 0 Å². The average Bonchev–Trinajstić information content (AvgIpc) is 2.93. The van der Waals surface area contributed by atoms with Gasteiger partial charge in [-0.15, -0.1) is 0 Å². The molecule has 0 aromatic heterocycles. The van der Waals surface area contributed by atoms with Gasteiger partial charge in [0.2, 0.25) is 0 Å². The Morgan fingerprint density at radius 3 is 1.96 bits per heavy atom. The van der Waals surface area contributed by atoms with Crippen LogP contribution >= 0.6 is 0 Å². The van der Waals surface area contributed by atoms with Gasteiger partial charge in [-0.05, 0) is 37.5 Å². The van der Waals surface area contributed by atoms with Crippen molar-refractivity contribution in [2.45, 2.75) is 79.3 Å². The van der Waals surface area contributed by atoms with Gasteiger partial charge in [-0.2, -0.15) is 0 Å². The van der Waals surface area contributed by atoms with Gasteiger partial charge in [-0.1, -0.05) is 41.5 Å². The number of ether oxygens (including phenoxy) is 1. The molecule has 0 spiro atoms. The molecule has 1 rings (SSSR count). The summed E-state index contributed by atoms with van der Waals surface area (Å²) in [7, 11) is 1.41. The number of esters is 1. The summed E-state index contributed by atoms with van der Waals surface area (Å²) in [6.07, 6.45) is 1.15. The van der Waals surface area contributed by atoms with Crippen molar-refractivity contribution in [3.63, 3.8) is 0 Å². The van der Waals surface area contributed by atoms with Gasteiger partial charge >= 0.3 is 11.9 Å². The Morgan fingerprint density at radius 2 is 1.62 bits per heavy atom. The minimum atomic E-state index is -0.783. The van der Waals surface area contributed by atoms with E-state index in [0.717, 1.165) is 0 Å². The number of hydrogen-bond donors (Lipinski definition) is 2. The summed E-state index contributed by atoms with van der Waals surface area (Å²) in [6, 6.07) is 0. The van der Waals surface area contributed by atoms with Crippen LogP contribution in [0.5, 0.6) is 0 Å². The molecule has 0 saturated carbocycles. The highest BCUT2D eigenvalue weighted by Gasteiger charge is 2.67. The quantitative estimate of drug-likeness (QED) is 0.571. The molecule has 24 heavy (non-hydrogen) atoms. The first kappa shape index (κ1) is 20.9. The maximum absolute atomic E-state index is 12.2. The highest BCUT2D eigenvalue weighted by atomic mass is 16.5. The molecule has 0 amide bonds. The fourth-order valence-corrected chi connectivity index (χ4v) is 3.72. The van der Waals surface area contributed by atoms with Crippen LogP contribution in [0.2, 0.25) is 0 Å². The van der Waals surface area contributed by atoms with Gasteiger partial charge in [0.25, 0.3) is 0 Å². The number of aliphatic carboxylic acids is 1. The minimum absolute atomic E-state index is 0.0803. The SMILES string of the molecule is COC(=O)C(CC1(C)NC1(C)C(CC(C)(C)C)C(=O)O)C(C)(C)C. The van der Waals surface area contributed by atoms with Crippen molar-refractivity contribution < 1.29 is 19.4 Å². The Bertz CT molecular complexity index is 502. The molecule has 4 atom stereocenters. The minimum Gasteiger partial charge on any atom is -0.481 e. The molecule has 0 radical (unpaired) electrons. The van der Waals surface area contributed by atoms with E-state index in [0.29, 0.717) is 12.8 Å². The van der Waals surface area contributed by atoms with E-state index < -0.39 is 23.0 Å². The summed E-state index contributed by atoms with van der Waals surface area (Å²) < 4.78 is 4.99. The van der Waals surface area contributed by atoms with E-state index >= 15 is 0 Å². The van der Waals surface area contributed by atoms with Gasteiger partial charge in [-0.3, -0.25) is 9.59 Å². The van der Waals surface area contributed by atoms with Gasteiger partial charge in [0.05, 0.1) is 18.9 Å². The molecular formula is C19H35NO4. The molecule has 0 aromatic rings. The lowest BCUT2D eigenvalue weighted by atomic mass is 9.69. The number of carbonyl (C=O) groups excluding carboxylic acids is 1. The van der Waals surface area contributed by atoms with E-state index in [1.807, 2.05) is 34.6 Å². The molecule has 4 unspecified atom stereocenters. The van der Waals surface area contributed by atoms with Gasteiger partial charge < -0.3 is 15.2 Å². The fourth-order valence-electron chi connectivity index (χ4n) is 3.72. The molecule has 2 N–H and O–H groups in total. The van der Waals surface area contributed by atoms with E-state index in [9.17, 15) is 14.7 Å². The third kappa shape index (κ3) is 4.29. The van der Waals surface area contributed by atoms with Crippen molar-refractivity contribution in [3.8, 4) is 0 Å². The van der Waals surface area contributed by atoms with Crippen molar-refractivity contribution in [1.82, 2.24) is 5.32 Å².